The Kier molecular flexibility index (Phi) is 4.78. The van der Waals surface area contributed by atoms with Gasteiger partial charge in [-0.3, -0.25) is 4.79 Å². The number of fused-ring (bicyclic) bond motifs is 1. The van der Waals surface area contributed by atoms with Crippen LogP contribution in [-0.4, -0.2) is 11.1 Å². The van der Waals surface area contributed by atoms with E-state index in [1.165, 1.54) is 18.4 Å². The van der Waals surface area contributed by atoms with E-state index in [-0.39, 0.29) is 23.5 Å². The summed E-state index contributed by atoms with van der Waals surface area (Å²) in [5.41, 5.74) is 0.952. The van der Waals surface area contributed by atoms with Crippen LogP contribution < -0.4 is 14.9 Å². The minimum absolute atomic E-state index is 0.0392. The smallest absolute Gasteiger partial charge is 0.371 e. The van der Waals surface area contributed by atoms with Crippen LogP contribution in [0.2, 0.25) is 0 Å². The van der Waals surface area contributed by atoms with Crippen LogP contribution >= 0.6 is 0 Å². The molecule has 0 aliphatic rings. The molecule has 0 spiro atoms. The first-order chi connectivity index (χ1) is 14.0. The van der Waals surface area contributed by atoms with Gasteiger partial charge in [0.05, 0.1) is 5.39 Å². The molecule has 0 aliphatic carbocycles. The van der Waals surface area contributed by atoms with E-state index in [9.17, 15) is 9.59 Å². The Balaban J connectivity index is 1.54. The number of hydrogen-bond acceptors (Lipinski definition) is 6. The monoisotopic (exact) mass is 392 g/mol. The molecule has 0 unspecified atom stereocenters. The average molecular weight is 392 g/mol. The molecule has 1 N–H and O–H groups in total. The van der Waals surface area contributed by atoms with Crippen molar-refractivity contribution in [3.05, 3.63) is 88.2 Å². The van der Waals surface area contributed by atoms with Crippen molar-refractivity contribution in [3.8, 4) is 17.2 Å². The normalized spacial score (nSPS) is 10.8. The number of hydrogen-bond donors (Lipinski definition) is 1. The molecule has 7 heteroatoms. The predicted molar refractivity (Wildman–Crippen MR) is 104 cm³/mol. The maximum absolute atomic E-state index is 12.7. The van der Waals surface area contributed by atoms with Crippen molar-refractivity contribution in [2.24, 2.45) is 0 Å². The second-order valence-corrected chi connectivity index (χ2v) is 6.31. The molecule has 7 nitrogen and oxygen atoms in total. The van der Waals surface area contributed by atoms with E-state index in [2.05, 4.69) is 0 Å². The van der Waals surface area contributed by atoms with Gasteiger partial charge in [0, 0.05) is 6.07 Å². The van der Waals surface area contributed by atoms with Crippen molar-refractivity contribution in [1.29, 1.82) is 0 Å². The number of ether oxygens (including phenoxy) is 2. The quantitative estimate of drug-likeness (QED) is 0.505. The van der Waals surface area contributed by atoms with Gasteiger partial charge in [-0.1, -0.05) is 18.2 Å². The maximum Gasteiger partial charge on any atom is 0.371 e. The standard InChI is InChI=1S/C22H16O7/c1-13-4-2-3-5-17(13)29-20-12-27-19-10-14(6-8-16(19)21(20)23)26-11-15-7-9-18(28-15)22(24)25/h2-10,12H,11H2,1H3,(H,24,25). The molecule has 0 bridgehead atoms. The van der Waals surface area contributed by atoms with E-state index in [0.717, 1.165) is 5.56 Å². The van der Waals surface area contributed by atoms with Crippen molar-refractivity contribution in [3.63, 3.8) is 0 Å². The van der Waals surface area contributed by atoms with Gasteiger partial charge in [-0.05, 0) is 42.8 Å². The molecular weight excluding hydrogens is 376 g/mol. The highest BCUT2D eigenvalue weighted by molar-refractivity contribution is 5.84. The summed E-state index contributed by atoms with van der Waals surface area (Å²) >= 11 is 0. The fourth-order valence-electron chi connectivity index (χ4n) is 2.77. The van der Waals surface area contributed by atoms with E-state index < -0.39 is 5.97 Å². The summed E-state index contributed by atoms with van der Waals surface area (Å²) in [5, 5.41) is 9.23. The molecule has 0 fully saturated rings. The third-order valence-corrected chi connectivity index (χ3v) is 4.28. The fourth-order valence-corrected chi connectivity index (χ4v) is 2.77. The minimum atomic E-state index is -1.15. The highest BCUT2D eigenvalue weighted by Gasteiger charge is 2.12. The molecule has 2 heterocycles. The summed E-state index contributed by atoms with van der Waals surface area (Å²) in [6, 6.07) is 15.1. The Bertz CT molecular complexity index is 1250. The molecule has 0 saturated heterocycles. The van der Waals surface area contributed by atoms with Crippen LogP contribution in [0.1, 0.15) is 21.9 Å². The third-order valence-electron chi connectivity index (χ3n) is 4.28. The minimum Gasteiger partial charge on any atom is -0.486 e. The van der Waals surface area contributed by atoms with Crippen LogP contribution in [0.5, 0.6) is 17.2 Å². The highest BCUT2D eigenvalue weighted by Crippen LogP contribution is 2.26. The Hall–Kier alpha value is -4.00. The molecule has 0 saturated carbocycles. The van der Waals surface area contributed by atoms with Gasteiger partial charge >= 0.3 is 5.97 Å². The first-order valence-electron chi connectivity index (χ1n) is 8.75. The molecule has 0 amide bonds. The van der Waals surface area contributed by atoms with Gasteiger partial charge in [0.25, 0.3) is 0 Å². The lowest BCUT2D eigenvalue weighted by molar-refractivity contribution is 0.0658. The fraction of sp³-hybridized carbons (Fsp3) is 0.0909. The molecule has 29 heavy (non-hydrogen) atoms. The molecule has 0 radical (unpaired) electrons. The lowest BCUT2D eigenvalue weighted by atomic mass is 10.2. The van der Waals surface area contributed by atoms with Crippen molar-refractivity contribution in [2.45, 2.75) is 13.5 Å². The van der Waals surface area contributed by atoms with Gasteiger partial charge < -0.3 is 23.4 Å². The van der Waals surface area contributed by atoms with Gasteiger partial charge in [0.2, 0.25) is 16.9 Å². The Morgan fingerprint density at radius 3 is 2.66 bits per heavy atom. The van der Waals surface area contributed by atoms with Crippen molar-refractivity contribution in [2.75, 3.05) is 0 Å². The van der Waals surface area contributed by atoms with Crippen LogP contribution in [0, 0.1) is 6.92 Å². The predicted octanol–water partition coefficient (Wildman–Crippen LogP) is 4.76. The molecule has 2 aromatic heterocycles. The van der Waals surface area contributed by atoms with Crippen molar-refractivity contribution in [1.82, 2.24) is 0 Å². The van der Waals surface area contributed by atoms with E-state index in [1.54, 1.807) is 24.3 Å². The molecule has 0 aliphatic heterocycles. The average Bonchev–Trinajstić information content (AvgIpc) is 3.19. The molecule has 4 aromatic rings. The van der Waals surface area contributed by atoms with Gasteiger partial charge in [0.1, 0.15) is 35.7 Å². The summed E-state index contributed by atoms with van der Waals surface area (Å²) in [4.78, 5) is 23.5. The molecule has 146 valence electrons. The molecule has 4 rings (SSSR count). The zero-order valence-electron chi connectivity index (χ0n) is 15.4. The zero-order valence-corrected chi connectivity index (χ0v) is 15.4. The maximum atomic E-state index is 12.7. The Morgan fingerprint density at radius 2 is 1.90 bits per heavy atom. The number of carboxylic acids is 1. The number of carbonyl (C=O) groups is 1. The van der Waals surface area contributed by atoms with Crippen molar-refractivity contribution >= 4 is 16.9 Å². The number of benzene rings is 2. The topological polar surface area (TPSA) is 99.1 Å². The first-order valence-corrected chi connectivity index (χ1v) is 8.75. The van der Waals surface area contributed by atoms with Crippen LogP contribution in [0.25, 0.3) is 11.0 Å². The molecular formula is C22H16O7. The first kappa shape index (κ1) is 18.4. The van der Waals surface area contributed by atoms with Gasteiger partial charge in [0.15, 0.2) is 0 Å². The van der Waals surface area contributed by atoms with Gasteiger partial charge in [-0.25, -0.2) is 4.79 Å². The number of aromatic carboxylic acids is 1. The summed E-state index contributed by atoms with van der Waals surface area (Å²) in [5.74, 6) is 0.185. The summed E-state index contributed by atoms with van der Waals surface area (Å²) in [7, 11) is 0. The van der Waals surface area contributed by atoms with E-state index in [1.807, 2.05) is 25.1 Å². The highest BCUT2D eigenvalue weighted by atomic mass is 16.5. The van der Waals surface area contributed by atoms with Crippen molar-refractivity contribution < 1.29 is 28.2 Å². The number of carboxylic acid groups (broad SMARTS) is 1. The van der Waals surface area contributed by atoms with Gasteiger partial charge in [-0.2, -0.15) is 0 Å². The van der Waals surface area contributed by atoms with Crippen LogP contribution in [0.3, 0.4) is 0 Å². The number of aryl methyl sites for hydroxylation is 1. The summed E-state index contributed by atoms with van der Waals surface area (Å²) < 4.78 is 22.0. The lowest BCUT2D eigenvalue weighted by Gasteiger charge is -2.09. The second kappa shape index (κ2) is 7.55. The zero-order chi connectivity index (χ0) is 20.4. The Morgan fingerprint density at radius 1 is 1.07 bits per heavy atom. The third kappa shape index (κ3) is 3.84. The SMILES string of the molecule is Cc1ccccc1Oc1coc2cc(OCc3ccc(C(=O)O)o3)ccc2c1=O. The Labute approximate surface area is 164 Å². The van der Waals surface area contributed by atoms with Gasteiger partial charge in [-0.15, -0.1) is 0 Å². The van der Waals surface area contributed by atoms with Crippen LogP contribution in [0.4, 0.5) is 0 Å². The lowest BCUT2D eigenvalue weighted by Crippen LogP contribution is -2.05. The number of para-hydroxylation sites is 1. The van der Waals surface area contributed by atoms with Crippen LogP contribution in [0.15, 0.2) is 74.5 Å². The molecule has 0 atom stereocenters. The number of furan rings is 1. The summed E-state index contributed by atoms with van der Waals surface area (Å²) in [6.45, 7) is 1.93. The second-order valence-electron chi connectivity index (χ2n) is 6.31. The van der Waals surface area contributed by atoms with E-state index in [4.69, 9.17) is 23.4 Å². The van der Waals surface area contributed by atoms with E-state index in [0.29, 0.717) is 28.2 Å². The largest absolute Gasteiger partial charge is 0.486 e. The van der Waals surface area contributed by atoms with Crippen LogP contribution in [-0.2, 0) is 6.61 Å². The van der Waals surface area contributed by atoms with E-state index >= 15 is 0 Å². The number of rotatable bonds is 6. The summed E-state index contributed by atoms with van der Waals surface area (Å²) in [6.07, 6.45) is 1.27. The molecule has 2 aromatic carbocycles.